The second kappa shape index (κ2) is 5.20. The van der Waals surface area contributed by atoms with Gasteiger partial charge in [-0.05, 0) is 11.1 Å². The van der Waals surface area contributed by atoms with Crippen LogP contribution >= 0.6 is 0 Å². The maximum absolute atomic E-state index is 13.2. The summed E-state index contributed by atoms with van der Waals surface area (Å²) in [7, 11) is 0. The van der Waals surface area contributed by atoms with Crippen molar-refractivity contribution in [2.24, 2.45) is 21.9 Å². The summed E-state index contributed by atoms with van der Waals surface area (Å²) in [4.78, 5) is 13.1. The minimum absolute atomic E-state index is 0.143. The fraction of sp³-hybridized carbons (Fsp3) is 0.357. The maximum atomic E-state index is 13.2. The first kappa shape index (κ1) is 14.7. The van der Waals surface area contributed by atoms with E-state index >= 15 is 0 Å². The number of nitrogens with two attached hydrogens (primary N) is 1. The van der Waals surface area contributed by atoms with Gasteiger partial charge in [-0.25, -0.2) is 0 Å². The minimum atomic E-state index is -4.71. The van der Waals surface area contributed by atoms with Gasteiger partial charge < -0.3 is 10.6 Å². The summed E-state index contributed by atoms with van der Waals surface area (Å²) >= 11 is 0. The van der Waals surface area contributed by atoms with Gasteiger partial charge in [-0.3, -0.25) is 4.79 Å². The summed E-state index contributed by atoms with van der Waals surface area (Å²) in [5.74, 6) is -3.58. The Morgan fingerprint density at radius 1 is 1.32 bits per heavy atom. The number of azo groups is 1. The van der Waals surface area contributed by atoms with Gasteiger partial charge in [-0.1, -0.05) is 24.3 Å². The Balaban J connectivity index is 2.02. The molecule has 0 spiro atoms. The van der Waals surface area contributed by atoms with E-state index < -0.39 is 24.0 Å². The molecule has 2 aliphatic heterocycles. The Hall–Kier alpha value is -2.22. The molecule has 0 fully saturated rings. The van der Waals surface area contributed by atoms with Gasteiger partial charge >= 0.3 is 6.18 Å². The van der Waals surface area contributed by atoms with Crippen molar-refractivity contribution >= 4 is 5.91 Å². The highest BCUT2D eigenvalue weighted by molar-refractivity contribution is 5.83. The van der Waals surface area contributed by atoms with E-state index in [1.54, 1.807) is 0 Å². The van der Waals surface area contributed by atoms with Crippen LogP contribution < -0.4 is 5.73 Å². The smallest absolute Gasteiger partial charge is 0.360 e. The SMILES string of the molecule is NCC1c2ccccc2CN1C1=CN=NC(=O)C1C(F)(F)F. The highest BCUT2D eigenvalue weighted by atomic mass is 19.4. The molecule has 0 saturated heterocycles. The molecule has 0 bridgehead atoms. The first-order valence-electron chi connectivity index (χ1n) is 6.69. The second-order valence-corrected chi connectivity index (χ2v) is 5.16. The number of carbonyl (C=O) groups excluding carboxylic acids is 1. The fourth-order valence-corrected chi connectivity index (χ4v) is 2.94. The maximum Gasteiger partial charge on any atom is 0.406 e. The number of fused-ring (bicyclic) bond motifs is 1. The van der Waals surface area contributed by atoms with Gasteiger partial charge in [0.25, 0.3) is 5.91 Å². The summed E-state index contributed by atoms with van der Waals surface area (Å²) in [5, 5.41) is 6.44. The number of hydrogen-bond donors (Lipinski definition) is 1. The largest absolute Gasteiger partial charge is 0.406 e. The van der Waals surface area contributed by atoms with Gasteiger partial charge in [0.2, 0.25) is 0 Å². The third kappa shape index (κ3) is 2.29. The Bertz CT molecular complexity index is 668. The normalized spacial score (nSPS) is 24.5. The van der Waals surface area contributed by atoms with E-state index in [2.05, 4.69) is 10.2 Å². The molecule has 1 aromatic rings. The van der Waals surface area contributed by atoms with E-state index in [0.717, 1.165) is 17.3 Å². The second-order valence-electron chi connectivity index (χ2n) is 5.16. The van der Waals surface area contributed by atoms with Crippen LogP contribution in [0, 0.1) is 5.92 Å². The standard InChI is InChI=1S/C14H13F3N4O/c15-14(16,17)12-11(6-19-20-13(12)22)21-7-8-3-1-2-4-9(8)10(21)5-18/h1-4,6,10,12H,5,7,18H2. The Morgan fingerprint density at radius 2 is 2.05 bits per heavy atom. The molecule has 2 heterocycles. The van der Waals surface area contributed by atoms with E-state index in [-0.39, 0.29) is 18.8 Å². The van der Waals surface area contributed by atoms with E-state index in [4.69, 9.17) is 5.73 Å². The monoisotopic (exact) mass is 310 g/mol. The van der Waals surface area contributed by atoms with E-state index in [9.17, 15) is 18.0 Å². The molecule has 22 heavy (non-hydrogen) atoms. The fourth-order valence-electron chi connectivity index (χ4n) is 2.94. The van der Waals surface area contributed by atoms with Gasteiger partial charge in [0.1, 0.15) is 0 Å². The highest BCUT2D eigenvalue weighted by Gasteiger charge is 2.51. The van der Waals surface area contributed by atoms with Crippen LogP contribution in [0.25, 0.3) is 0 Å². The Kier molecular flexibility index (Phi) is 3.48. The number of nitrogens with zero attached hydrogens (tertiary/aromatic N) is 3. The van der Waals surface area contributed by atoms with Crippen molar-refractivity contribution in [1.29, 1.82) is 0 Å². The van der Waals surface area contributed by atoms with Crippen LogP contribution in [0.5, 0.6) is 0 Å². The van der Waals surface area contributed by atoms with Crippen molar-refractivity contribution < 1.29 is 18.0 Å². The molecule has 2 aliphatic rings. The van der Waals surface area contributed by atoms with Crippen molar-refractivity contribution in [1.82, 2.24) is 4.90 Å². The zero-order chi connectivity index (χ0) is 15.9. The number of alkyl halides is 3. The molecule has 1 aromatic carbocycles. The number of hydrogen-bond acceptors (Lipinski definition) is 4. The van der Waals surface area contributed by atoms with Crippen molar-refractivity contribution in [3.63, 3.8) is 0 Å². The quantitative estimate of drug-likeness (QED) is 0.912. The van der Waals surface area contributed by atoms with Crippen LogP contribution in [0.15, 0.2) is 46.4 Å². The van der Waals surface area contributed by atoms with Crippen molar-refractivity contribution in [3.8, 4) is 0 Å². The Labute approximate surface area is 124 Å². The van der Waals surface area contributed by atoms with Crippen molar-refractivity contribution in [3.05, 3.63) is 47.3 Å². The molecule has 0 aromatic heterocycles. The summed E-state index contributed by atoms with van der Waals surface area (Å²) in [6.07, 6.45) is -3.70. The van der Waals surface area contributed by atoms with Gasteiger partial charge in [-0.15, -0.1) is 5.11 Å². The molecule has 2 unspecified atom stereocenters. The number of rotatable bonds is 2. The third-order valence-electron chi connectivity index (χ3n) is 3.90. The van der Waals surface area contributed by atoms with Crippen LogP contribution in [-0.4, -0.2) is 23.5 Å². The van der Waals surface area contributed by atoms with Gasteiger partial charge in [-0.2, -0.15) is 18.3 Å². The molecule has 0 radical (unpaired) electrons. The molecule has 3 rings (SSSR count). The molecule has 1 amide bonds. The first-order valence-corrected chi connectivity index (χ1v) is 6.69. The molecule has 5 nitrogen and oxygen atoms in total. The lowest BCUT2D eigenvalue weighted by Gasteiger charge is -2.33. The van der Waals surface area contributed by atoms with Crippen LogP contribution in [0.1, 0.15) is 17.2 Å². The summed E-state index contributed by atoms with van der Waals surface area (Å²) in [6.45, 7) is 0.406. The molecule has 2 N–H and O–H groups in total. The first-order chi connectivity index (χ1) is 10.4. The average molecular weight is 310 g/mol. The summed E-state index contributed by atoms with van der Waals surface area (Å²) in [6, 6.07) is 6.90. The van der Waals surface area contributed by atoms with Gasteiger partial charge in [0.15, 0.2) is 5.92 Å². The molecular weight excluding hydrogens is 297 g/mol. The van der Waals surface area contributed by atoms with Crippen LogP contribution in [0.2, 0.25) is 0 Å². The van der Waals surface area contributed by atoms with E-state index in [1.165, 1.54) is 4.90 Å². The third-order valence-corrected chi connectivity index (χ3v) is 3.90. The molecule has 2 atom stereocenters. The van der Waals surface area contributed by atoms with E-state index in [1.807, 2.05) is 24.3 Å². The van der Waals surface area contributed by atoms with Crippen molar-refractivity contribution in [2.75, 3.05) is 6.54 Å². The van der Waals surface area contributed by atoms with Crippen LogP contribution in [0.3, 0.4) is 0 Å². The molecule has 0 aliphatic carbocycles. The lowest BCUT2D eigenvalue weighted by molar-refractivity contribution is -0.177. The van der Waals surface area contributed by atoms with E-state index in [0.29, 0.717) is 0 Å². The number of benzene rings is 1. The van der Waals surface area contributed by atoms with Gasteiger partial charge in [0.05, 0.1) is 17.9 Å². The number of halogens is 3. The zero-order valence-electron chi connectivity index (χ0n) is 11.4. The molecule has 8 heteroatoms. The minimum Gasteiger partial charge on any atom is -0.360 e. The predicted molar refractivity (Wildman–Crippen MR) is 71.3 cm³/mol. The Morgan fingerprint density at radius 3 is 2.73 bits per heavy atom. The lowest BCUT2D eigenvalue weighted by atomic mass is 10.0. The summed E-state index contributed by atoms with van der Waals surface area (Å²) in [5.41, 5.74) is 7.33. The topological polar surface area (TPSA) is 71.0 Å². The number of carbonyl (C=O) groups is 1. The summed E-state index contributed by atoms with van der Waals surface area (Å²) < 4.78 is 39.7. The zero-order valence-corrected chi connectivity index (χ0v) is 11.4. The lowest BCUT2D eigenvalue weighted by Crippen LogP contribution is -2.40. The van der Waals surface area contributed by atoms with Gasteiger partial charge in [0, 0.05) is 13.1 Å². The predicted octanol–water partition coefficient (Wildman–Crippen LogP) is 2.51. The van der Waals surface area contributed by atoms with Crippen molar-refractivity contribution in [2.45, 2.75) is 18.8 Å². The van der Waals surface area contributed by atoms with Crippen LogP contribution in [-0.2, 0) is 11.3 Å². The molecule has 116 valence electrons. The average Bonchev–Trinajstić information content (AvgIpc) is 2.84. The molecular formula is C14H13F3N4O. The number of amides is 1. The highest BCUT2D eigenvalue weighted by Crippen LogP contribution is 2.43. The van der Waals surface area contributed by atoms with Crippen LogP contribution in [0.4, 0.5) is 13.2 Å². The molecule has 0 saturated carbocycles.